The normalized spacial score (nSPS) is 13.8. The Kier molecular flexibility index (Phi) is 6.65. The van der Waals surface area contributed by atoms with Gasteiger partial charge in [-0.2, -0.15) is 0 Å². The van der Waals surface area contributed by atoms with E-state index in [4.69, 9.17) is 9.47 Å². The monoisotopic (exact) mass is 439 g/mol. The summed E-state index contributed by atoms with van der Waals surface area (Å²) in [6.07, 6.45) is 0.742. The summed E-state index contributed by atoms with van der Waals surface area (Å²) < 4.78 is 26.1. The molecule has 2 heterocycles. The number of para-hydroxylation sites is 1. The van der Waals surface area contributed by atoms with Crippen LogP contribution in [0, 0.1) is 5.82 Å². The summed E-state index contributed by atoms with van der Waals surface area (Å²) >= 11 is 0. The van der Waals surface area contributed by atoms with Crippen molar-refractivity contribution in [2.24, 2.45) is 0 Å². The van der Waals surface area contributed by atoms with Crippen molar-refractivity contribution < 1.29 is 18.7 Å². The number of rotatable bonds is 7. The molecular weight excluding hydrogens is 413 g/mol. The minimum absolute atomic E-state index is 0.222. The molecule has 1 N–H and O–H groups in total. The Morgan fingerprint density at radius 3 is 2.69 bits per heavy atom. The summed E-state index contributed by atoms with van der Waals surface area (Å²) in [6.45, 7) is 3.28. The van der Waals surface area contributed by atoms with Crippen LogP contribution in [0.5, 0.6) is 11.5 Å². The van der Waals surface area contributed by atoms with Crippen molar-refractivity contribution in [3.8, 4) is 11.5 Å². The second-order valence-electron chi connectivity index (χ2n) is 7.56. The first-order valence-electron chi connectivity index (χ1n) is 10.5. The van der Waals surface area contributed by atoms with E-state index < -0.39 is 0 Å². The van der Waals surface area contributed by atoms with Gasteiger partial charge in [0.1, 0.15) is 11.6 Å². The highest BCUT2D eigenvalue weighted by atomic mass is 19.1. The highest BCUT2D eigenvalue weighted by molar-refractivity contribution is 5.96. The summed E-state index contributed by atoms with van der Waals surface area (Å²) in [7, 11) is 3.01. The number of nitrogens with one attached hydrogen (secondary N) is 1. The summed E-state index contributed by atoms with van der Waals surface area (Å²) in [6, 6.07) is 12.0. The summed E-state index contributed by atoms with van der Waals surface area (Å²) in [5, 5.41) is 11.5. The third-order valence-electron chi connectivity index (χ3n) is 5.58. The maximum Gasteiger partial charge on any atom is 0.255 e. The number of fused-ring (bicyclic) bond motifs is 1. The maximum atomic E-state index is 13.7. The van der Waals surface area contributed by atoms with Gasteiger partial charge in [0.2, 0.25) is 0 Å². The Hall–Kier alpha value is -3.46. The number of nitrogens with zero attached hydrogens (tertiary/aromatic N) is 4. The van der Waals surface area contributed by atoms with E-state index in [1.807, 2.05) is 6.07 Å². The fraction of sp³-hybridized carbons (Fsp3) is 0.348. The minimum Gasteiger partial charge on any atom is -0.496 e. The molecule has 0 aliphatic carbocycles. The van der Waals surface area contributed by atoms with E-state index in [0.29, 0.717) is 30.2 Å². The van der Waals surface area contributed by atoms with Gasteiger partial charge in [0.25, 0.3) is 5.91 Å². The van der Waals surface area contributed by atoms with Gasteiger partial charge in [-0.1, -0.05) is 18.2 Å². The highest BCUT2D eigenvalue weighted by Gasteiger charge is 2.20. The standard InChI is InChI=1S/C23H26FN5O3/c1-31-19-6-4-3-5-17(19)23(30)25-14-22-27-26-21-9-10-28(11-12-29(21)22)15-16-7-8-18(24)20(13-16)32-2/h3-8,13H,9-12,14-15H2,1-2H3,(H,25,30). The van der Waals surface area contributed by atoms with E-state index in [2.05, 4.69) is 25.0 Å². The van der Waals surface area contributed by atoms with Gasteiger partial charge in [-0.05, 0) is 29.8 Å². The molecule has 2 aromatic carbocycles. The van der Waals surface area contributed by atoms with E-state index in [0.717, 1.165) is 30.9 Å². The molecule has 8 nitrogen and oxygen atoms in total. The van der Waals surface area contributed by atoms with Crippen molar-refractivity contribution in [3.63, 3.8) is 0 Å². The fourth-order valence-corrected chi connectivity index (χ4v) is 3.86. The van der Waals surface area contributed by atoms with Gasteiger partial charge in [-0.25, -0.2) is 4.39 Å². The number of carbonyl (C=O) groups is 1. The van der Waals surface area contributed by atoms with E-state index in [1.54, 1.807) is 30.3 Å². The van der Waals surface area contributed by atoms with Gasteiger partial charge in [-0.3, -0.25) is 9.69 Å². The van der Waals surface area contributed by atoms with Crippen LogP contribution in [0.1, 0.15) is 27.6 Å². The number of methoxy groups -OCH3 is 2. The number of aromatic nitrogens is 3. The van der Waals surface area contributed by atoms with Crippen LogP contribution in [0.3, 0.4) is 0 Å². The van der Waals surface area contributed by atoms with Gasteiger partial charge in [-0.15, -0.1) is 10.2 Å². The molecule has 32 heavy (non-hydrogen) atoms. The highest BCUT2D eigenvalue weighted by Crippen LogP contribution is 2.20. The van der Waals surface area contributed by atoms with Gasteiger partial charge in [0.05, 0.1) is 26.3 Å². The molecule has 0 atom stereocenters. The molecule has 0 saturated heterocycles. The summed E-state index contributed by atoms with van der Waals surface area (Å²) in [4.78, 5) is 14.9. The lowest BCUT2D eigenvalue weighted by atomic mass is 10.2. The first-order valence-corrected chi connectivity index (χ1v) is 10.5. The van der Waals surface area contributed by atoms with Gasteiger partial charge < -0.3 is 19.4 Å². The van der Waals surface area contributed by atoms with E-state index in [1.165, 1.54) is 20.3 Å². The zero-order valence-corrected chi connectivity index (χ0v) is 18.2. The van der Waals surface area contributed by atoms with E-state index >= 15 is 0 Å². The largest absolute Gasteiger partial charge is 0.496 e. The molecule has 4 rings (SSSR count). The Morgan fingerprint density at radius 2 is 1.88 bits per heavy atom. The van der Waals surface area contributed by atoms with Crippen molar-refractivity contribution in [2.75, 3.05) is 27.3 Å². The summed E-state index contributed by atoms with van der Waals surface area (Å²) in [5.74, 6) is 1.80. The molecule has 1 amide bonds. The number of hydrogen-bond donors (Lipinski definition) is 1. The Bertz CT molecular complexity index is 1100. The topological polar surface area (TPSA) is 81.5 Å². The van der Waals surface area contributed by atoms with Crippen molar-refractivity contribution in [1.29, 1.82) is 0 Å². The lowest BCUT2D eigenvalue weighted by Gasteiger charge is -2.20. The van der Waals surface area contributed by atoms with Crippen molar-refractivity contribution in [2.45, 2.75) is 26.1 Å². The molecule has 9 heteroatoms. The molecule has 1 aliphatic heterocycles. The smallest absolute Gasteiger partial charge is 0.255 e. The predicted octanol–water partition coefficient (Wildman–Crippen LogP) is 2.42. The zero-order chi connectivity index (χ0) is 22.5. The number of carbonyl (C=O) groups excluding carboxylic acids is 1. The molecular formula is C23H26FN5O3. The Morgan fingerprint density at radius 1 is 1.06 bits per heavy atom. The molecule has 0 unspecified atom stereocenters. The van der Waals surface area contributed by atoms with Gasteiger partial charge >= 0.3 is 0 Å². The number of halogens is 1. The molecule has 3 aromatic rings. The van der Waals surface area contributed by atoms with E-state index in [9.17, 15) is 9.18 Å². The van der Waals surface area contributed by atoms with Crippen LogP contribution in [0.25, 0.3) is 0 Å². The second kappa shape index (κ2) is 9.78. The van der Waals surface area contributed by atoms with Crippen LogP contribution in [0.4, 0.5) is 4.39 Å². The molecule has 0 bridgehead atoms. The molecule has 0 fully saturated rings. The third kappa shape index (κ3) is 4.72. The second-order valence-corrected chi connectivity index (χ2v) is 7.56. The SMILES string of the molecule is COc1cc(CN2CCc3nnc(CNC(=O)c4ccccc4OC)n3CC2)ccc1F. The van der Waals surface area contributed by atoms with Gasteiger partial charge in [0, 0.05) is 32.6 Å². The Balaban J connectivity index is 1.38. The van der Waals surface area contributed by atoms with Crippen molar-refractivity contribution in [3.05, 3.63) is 71.1 Å². The average molecular weight is 439 g/mol. The first-order chi connectivity index (χ1) is 15.6. The lowest BCUT2D eigenvalue weighted by molar-refractivity contribution is 0.0946. The lowest BCUT2D eigenvalue weighted by Crippen LogP contribution is -2.28. The van der Waals surface area contributed by atoms with Crippen LogP contribution < -0.4 is 14.8 Å². The maximum absolute atomic E-state index is 13.7. The molecule has 168 valence electrons. The average Bonchev–Trinajstić information content (AvgIpc) is 3.10. The van der Waals surface area contributed by atoms with Crippen LogP contribution in [-0.2, 0) is 26.1 Å². The van der Waals surface area contributed by atoms with Crippen LogP contribution in [0.2, 0.25) is 0 Å². The van der Waals surface area contributed by atoms with Crippen molar-refractivity contribution >= 4 is 5.91 Å². The Labute approximate surface area is 186 Å². The quantitative estimate of drug-likeness (QED) is 0.609. The van der Waals surface area contributed by atoms with Gasteiger partial charge in [0.15, 0.2) is 17.4 Å². The third-order valence-corrected chi connectivity index (χ3v) is 5.58. The molecule has 0 radical (unpaired) electrons. The van der Waals surface area contributed by atoms with Crippen LogP contribution >= 0.6 is 0 Å². The first kappa shape index (κ1) is 21.8. The number of ether oxygens (including phenoxy) is 2. The fourth-order valence-electron chi connectivity index (χ4n) is 3.86. The van der Waals surface area contributed by atoms with Crippen LogP contribution in [-0.4, -0.2) is 52.9 Å². The number of amides is 1. The zero-order valence-electron chi connectivity index (χ0n) is 18.2. The molecule has 0 saturated carbocycles. The van der Waals surface area contributed by atoms with Crippen molar-refractivity contribution in [1.82, 2.24) is 25.0 Å². The minimum atomic E-state index is -0.363. The predicted molar refractivity (Wildman–Crippen MR) is 116 cm³/mol. The molecule has 1 aromatic heterocycles. The number of hydrogen-bond acceptors (Lipinski definition) is 6. The molecule has 0 spiro atoms. The number of benzene rings is 2. The van der Waals surface area contributed by atoms with E-state index in [-0.39, 0.29) is 24.0 Å². The molecule has 1 aliphatic rings. The summed E-state index contributed by atoms with van der Waals surface area (Å²) in [5.41, 5.74) is 1.47. The van der Waals surface area contributed by atoms with Crippen LogP contribution in [0.15, 0.2) is 42.5 Å².